The van der Waals surface area contributed by atoms with Crippen LogP contribution < -0.4 is 0 Å². The third-order valence-corrected chi connectivity index (χ3v) is 2.81. The highest BCUT2D eigenvalue weighted by Gasteiger charge is 2.08. The Kier molecular flexibility index (Phi) is 4.97. The second-order valence-corrected chi connectivity index (χ2v) is 3.98. The maximum atomic E-state index is 14.0. The molecule has 1 rings (SSSR count). The Bertz CT molecular complexity index is 340. The molecule has 0 unspecified atom stereocenters. The fraction of sp³-hybridized carbons (Fsp3) is 0.333. The monoisotopic (exact) mass is 218 g/mol. The normalized spacial score (nSPS) is 10.1. The van der Waals surface area contributed by atoms with Gasteiger partial charge in [0.2, 0.25) is 0 Å². The molecule has 0 amide bonds. The van der Waals surface area contributed by atoms with Crippen molar-refractivity contribution in [2.75, 3.05) is 0 Å². The third kappa shape index (κ3) is 3.06. The van der Waals surface area contributed by atoms with Crippen LogP contribution in [0.5, 0.6) is 0 Å². The van der Waals surface area contributed by atoms with E-state index in [1.54, 1.807) is 0 Å². The van der Waals surface area contributed by atoms with Crippen LogP contribution in [-0.4, -0.2) is 0 Å². The lowest BCUT2D eigenvalue weighted by molar-refractivity contribution is 0.597. The van der Waals surface area contributed by atoms with Crippen molar-refractivity contribution in [3.05, 3.63) is 60.0 Å². The van der Waals surface area contributed by atoms with E-state index in [1.165, 1.54) is 0 Å². The Balaban J connectivity index is 2.88. The summed E-state index contributed by atoms with van der Waals surface area (Å²) in [6, 6.07) is 3.92. The van der Waals surface area contributed by atoms with Gasteiger partial charge in [-0.05, 0) is 49.3 Å². The van der Waals surface area contributed by atoms with Crippen LogP contribution in [0.15, 0.2) is 37.4 Å². The molecule has 0 fully saturated rings. The first-order valence-corrected chi connectivity index (χ1v) is 5.69. The second kappa shape index (κ2) is 6.26. The molecule has 0 atom stereocenters. The minimum absolute atomic E-state index is 0.0524. The van der Waals surface area contributed by atoms with Crippen molar-refractivity contribution in [3.63, 3.8) is 0 Å². The fourth-order valence-corrected chi connectivity index (χ4v) is 1.76. The molecular formula is C15H19F. The van der Waals surface area contributed by atoms with E-state index in [4.69, 9.17) is 0 Å². The van der Waals surface area contributed by atoms with Gasteiger partial charge in [-0.2, -0.15) is 0 Å². The largest absolute Gasteiger partial charge is 0.206 e. The lowest BCUT2D eigenvalue weighted by Gasteiger charge is -2.09. The summed E-state index contributed by atoms with van der Waals surface area (Å²) in [7, 11) is 0. The molecule has 0 saturated carbocycles. The van der Waals surface area contributed by atoms with Gasteiger partial charge in [0.1, 0.15) is 5.82 Å². The zero-order valence-corrected chi connectivity index (χ0v) is 9.93. The number of aryl methyl sites for hydroxylation is 2. The van der Waals surface area contributed by atoms with E-state index in [1.807, 2.05) is 31.2 Å². The highest BCUT2D eigenvalue weighted by Crippen LogP contribution is 2.19. The molecule has 0 heterocycles. The van der Waals surface area contributed by atoms with Crippen molar-refractivity contribution in [1.82, 2.24) is 0 Å². The predicted molar refractivity (Wildman–Crippen MR) is 68.2 cm³/mol. The van der Waals surface area contributed by atoms with Crippen LogP contribution in [0.25, 0.3) is 0 Å². The van der Waals surface area contributed by atoms with Crippen molar-refractivity contribution >= 4 is 0 Å². The van der Waals surface area contributed by atoms with E-state index in [-0.39, 0.29) is 5.82 Å². The van der Waals surface area contributed by atoms with Crippen LogP contribution >= 0.6 is 0 Å². The zero-order chi connectivity index (χ0) is 12.0. The molecular weight excluding hydrogens is 199 g/mol. The molecule has 0 nitrogen and oxygen atoms in total. The topological polar surface area (TPSA) is 0 Å². The van der Waals surface area contributed by atoms with Crippen molar-refractivity contribution in [3.8, 4) is 0 Å². The number of rotatable bonds is 6. The van der Waals surface area contributed by atoms with Gasteiger partial charge < -0.3 is 0 Å². The molecule has 0 bridgehead atoms. The summed E-state index contributed by atoms with van der Waals surface area (Å²) in [6.45, 7) is 9.19. The summed E-state index contributed by atoms with van der Waals surface area (Å²) in [5, 5.41) is 0. The Labute approximate surface area is 97.5 Å². The van der Waals surface area contributed by atoms with Crippen molar-refractivity contribution in [2.45, 2.75) is 32.6 Å². The Hall–Kier alpha value is -1.37. The van der Waals surface area contributed by atoms with Crippen LogP contribution in [0.3, 0.4) is 0 Å². The number of benzene rings is 1. The van der Waals surface area contributed by atoms with E-state index < -0.39 is 0 Å². The van der Waals surface area contributed by atoms with Gasteiger partial charge >= 0.3 is 0 Å². The van der Waals surface area contributed by atoms with E-state index in [2.05, 4.69) is 13.2 Å². The Morgan fingerprint density at radius 2 is 1.56 bits per heavy atom. The molecule has 0 N–H and O–H groups in total. The van der Waals surface area contributed by atoms with Crippen LogP contribution in [0.4, 0.5) is 4.39 Å². The smallest absolute Gasteiger partial charge is 0.129 e. The van der Waals surface area contributed by atoms with Gasteiger partial charge in [-0.15, -0.1) is 13.2 Å². The summed E-state index contributed by atoms with van der Waals surface area (Å²) in [5.41, 5.74) is 2.66. The molecule has 16 heavy (non-hydrogen) atoms. The standard InChI is InChI=1S/C15H19F/c1-4-6-8-13-10-11-14(9-7-5-2)15(16)12(13)3/h4-5,10-11H,1-2,6-9H2,3H3. The van der Waals surface area contributed by atoms with Gasteiger partial charge in [0.05, 0.1) is 0 Å². The minimum atomic E-state index is -0.0524. The zero-order valence-electron chi connectivity index (χ0n) is 9.93. The quantitative estimate of drug-likeness (QED) is 0.622. The first kappa shape index (κ1) is 12.7. The molecule has 0 spiro atoms. The van der Waals surface area contributed by atoms with Crippen molar-refractivity contribution in [2.24, 2.45) is 0 Å². The van der Waals surface area contributed by atoms with Crippen molar-refractivity contribution < 1.29 is 4.39 Å². The number of allylic oxidation sites excluding steroid dienone is 2. The average Bonchev–Trinajstić information content (AvgIpc) is 2.30. The van der Waals surface area contributed by atoms with Crippen molar-refractivity contribution in [1.29, 1.82) is 0 Å². The maximum absolute atomic E-state index is 14.0. The first-order valence-electron chi connectivity index (χ1n) is 5.69. The minimum Gasteiger partial charge on any atom is -0.206 e. The third-order valence-electron chi connectivity index (χ3n) is 2.81. The highest BCUT2D eigenvalue weighted by atomic mass is 19.1. The Morgan fingerprint density at radius 3 is 2.12 bits per heavy atom. The van der Waals surface area contributed by atoms with E-state index in [9.17, 15) is 4.39 Å². The lowest BCUT2D eigenvalue weighted by Crippen LogP contribution is -1.98. The number of halogens is 1. The molecule has 0 saturated heterocycles. The van der Waals surface area contributed by atoms with Gasteiger partial charge in [-0.25, -0.2) is 4.39 Å². The molecule has 0 aromatic heterocycles. The number of hydrogen-bond donors (Lipinski definition) is 0. The summed E-state index contributed by atoms with van der Waals surface area (Å²) in [5.74, 6) is -0.0524. The SMILES string of the molecule is C=CCCc1ccc(CCC=C)c(F)c1C. The van der Waals surface area contributed by atoms with E-state index in [0.717, 1.165) is 42.4 Å². The number of hydrogen-bond acceptors (Lipinski definition) is 0. The molecule has 1 aromatic rings. The van der Waals surface area contributed by atoms with E-state index in [0.29, 0.717) is 0 Å². The molecule has 0 radical (unpaired) electrons. The fourth-order valence-electron chi connectivity index (χ4n) is 1.76. The van der Waals surface area contributed by atoms with Gasteiger partial charge in [-0.1, -0.05) is 24.3 Å². The van der Waals surface area contributed by atoms with Crippen LogP contribution in [0, 0.1) is 12.7 Å². The molecule has 1 heteroatoms. The molecule has 0 aliphatic rings. The molecule has 1 aromatic carbocycles. The predicted octanol–water partition coefficient (Wildman–Crippen LogP) is 4.37. The first-order chi connectivity index (χ1) is 7.70. The summed E-state index contributed by atoms with van der Waals surface area (Å²) in [6.07, 6.45) is 7.00. The van der Waals surface area contributed by atoms with Crippen LogP contribution in [0.2, 0.25) is 0 Å². The molecule has 0 aliphatic carbocycles. The van der Waals surface area contributed by atoms with Crippen LogP contribution in [0.1, 0.15) is 29.5 Å². The Morgan fingerprint density at radius 1 is 1.06 bits per heavy atom. The molecule has 86 valence electrons. The van der Waals surface area contributed by atoms with Gasteiger partial charge in [-0.3, -0.25) is 0 Å². The summed E-state index contributed by atoms with van der Waals surface area (Å²) < 4.78 is 14.0. The van der Waals surface area contributed by atoms with Gasteiger partial charge in [0.25, 0.3) is 0 Å². The maximum Gasteiger partial charge on any atom is 0.129 e. The van der Waals surface area contributed by atoms with Gasteiger partial charge in [0, 0.05) is 0 Å². The molecule has 0 aliphatic heterocycles. The van der Waals surface area contributed by atoms with E-state index >= 15 is 0 Å². The second-order valence-electron chi connectivity index (χ2n) is 3.98. The highest BCUT2D eigenvalue weighted by molar-refractivity contribution is 5.33. The summed E-state index contributed by atoms with van der Waals surface area (Å²) in [4.78, 5) is 0. The van der Waals surface area contributed by atoms with Gasteiger partial charge in [0.15, 0.2) is 0 Å². The summed E-state index contributed by atoms with van der Waals surface area (Å²) >= 11 is 0. The lowest BCUT2D eigenvalue weighted by atomic mass is 9.98. The average molecular weight is 218 g/mol. The van der Waals surface area contributed by atoms with Crippen LogP contribution in [-0.2, 0) is 12.8 Å².